The van der Waals surface area contributed by atoms with Gasteiger partial charge in [-0.1, -0.05) is 30.3 Å². The Morgan fingerprint density at radius 3 is 2.85 bits per heavy atom. The summed E-state index contributed by atoms with van der Waals surface area (Å²) >= 11 is 0. The van der Waals surface area contributed by atoms with E-state index in [1.807, 2.05) is 6.92 Å². The Kier molecular flexibility index (Phi) is 4.40. The van der Waals surface area contributed by atoms with Crippen molar-refractivity contribution < 1.29 is 18.7 Å². The molecule has 9 nitrogen and oxygen atoms in total. The predicted octanol–water partition coefficient (Wildman–Crippen LogP) is 1.67. The lowest BCUT2D eigenvalue weighted by Gasteiger charge is -2.18. The number of aromatic nitrogens is 5. The van der Waals surface area contributed by atoms with Gasteiger partial charge in [0, 0.05) is 0 Å². The van der Waals surface area contributed by atoms with E-state index >= 15 is 4.39 Å². The maximum Gasteiger partial charge on any atom is 0.338 e. The number of carbonyl (C=O) groups excluding carboxylic acids is 1. The second-order valence-electron chi connectivity index (χ2n) is 6.12. The summed E-state index contributed by atoms with van der Waals surface area (Å²) in [6.07, 6.45) is -2.80. The standard InChI is InChI=1S/C17H17FN6O3/c1-2-10-13(27-17(25)9-6-4-3-5-7-9)11(18)16(26-10)24-15-12(22-23-24)14(19)20-8-21-15/h3-8,10-11,13,16H,2H2,1H3,(H2,19,20,21)/t10-,11+,13-,16-/m1/s1. The zero-order valence-electron chi connectivity index (χ0n) is 14.4. The van der Waals surface area contributed by atoms with Crippen LogP contribution in [0.25, 0.3) is 11.2 Å². The molecule has 0 spiro atoms. The van der Waals surface area contributed by atoms with E-state index in [1.54, 1.807) is 30.3 Å². The zero-order valence-corrected chi connectivity index (χ0v) is 14.4. The topological polar surface area (TPSA) is 118 Å². The number of rotatable bonds is 4. The third kappa shape index (κ3) is 2.97. The Morgan fingerprint density at radius 1 is 1.33 bits per heavy atom. The number of nitrogens with zero attached hydrogens (tertiary/aromatic N) is 5. The van der Waals surface area contributed by atoms with E-state index < -0.39 is 30.6 Å². The molecule has 1 aliphatic heterocycles. The highest BCUT2D eigenvalue weighted by Crippen LogP contribution is 2.36. The smallest absolute Gasteiger partial charge is 0.338 e. The maximum atomic E-state index is 15.2. The molecule has 0 saturated carbocycles. The summed E-state index contributed by atoms with van der Waals surface area (Å²) in [5, 5.41) is 7.80. The van der Waals surface area contributed by atoms with Crippen LogP contribution in [0.3, 0.4) is 0 Å². The first kappa shape index (κ1) is 17.3. The summed E-state index contributed by atoms with van der Waals surface area (Å²) in [6, 6.07) is 8.41. The minimum atomic E-state index is -1.65. The Hall–Kier alpha value is -3.14. The van der Waals surface area contributed by atoms with Gasteiger partial charge in [-0.05, 0) is 18.6 Å². The molecule has 1 aliphatic rings. The molecule has 0 radical (unpaired) electrons. The highest BCUT2D eigenvalue weighted by Gasteiger charge is 2.49. The fraction of sp³-hybridized carbons (Fsp3) is 0.353. The van der Waals surface area contributed by atoms with Crippen molar-refractivity contribution in [2.75, 3.05) is 5.73 Å². The van der Waals surface area contributed by atoms with E-state index in [4.69, 9.17) is 15.2 Å². The van der Waals surface area contributed by atoms with Crippen molar-refractivity contribution in [2.24, 2.45) is 0 Å². The van der Waals surface area contributed by atoms with Crippen LogP contribution in [0, 0.1) is 0 Å². The van der Waals surface area contributed by atoms with Crippen molar-refractivity contribution in [1.82, 2.24) is 25.0 Å². The van der Waals surface area contributed by atoms with Crippen molar-refractivity contribution in [1.29, 1.82) is 0 Å². The first-order valence-corrected chi connectivity index (χ1v) is 8.47. The second kappa shape index (κ2) is 6.88. The SMILES string of the molecule is CC[C@H]1O[C@@H](n2nnc3c(N)ncnc32)[C@@H](F)[C@@H]1OC(=O)c1ccccc1. The average Bonchev–Trinajstić information content (AvgIpc) is 3.25. The molecule has 3 aromatic rings. The molecule has 1 aromatic carbocycles. The number of fused-ring (bicyclic) bond motifs is 1. The predicted molar refractivity (Wildman–Crippen MR) is 92.3 cm³/mol. The summed E-state index contributed by atoms with van der Waals surface area (Å²) < 4.78 is 27.6. The zero-order chi connectivity index (χ0) is 19.0. The van der Waals surface area contributed by atoms with Crippen molar-refractivity contribution in [2.45, 2.75) is 38.0 Å². The van der Waals surface area contributed by atoms with Gasteiger partial charge in [0.2, 0.25) is 0 Å². The van der Waals surface area contributed by atoms with Crippen molar-refractivity contribution in [3.63, 3.8) is 0 Å². The van der Waals surface area contributed by atoms with Gasteiger partial charge in [-0.15, -0.1) is 5.10 Å². The van der Waals surface area contributed by atoms with Gasteiger partial charge in [-0.25, -0.2) is 19.2 Å². The average molecular weight is 372 g/mol. The van der Waals surface area contributed by atoms with Gasteiger partial charge in [-0.3, -0.25) is 0 Å². The van der Waals surface area contributed by atoms with Crippen molar-refractivity contribution in [3.8, 4) is 0 Å². The van der Waals surface area contributed by atoms with Gasteiger partial charge in [0.05, 0.1) is 5.56 Å². The number of carbonyl (C=O) groups is 1. The van der Waals surface area contributed by atoms with Crippen LogP contribution in [-0.2, 0) is 9.47 Å². The fourth-order valence-electron chi connectivity index (χ4n) is 3.08. The van der Waals surface area contributed by atoms with E-state index in [-0.39, 0.29) is 17.0 Å². The number of anilines is 1. The minimum absolute atomic E-state index is 0.138. The van der Waals surface area contributed by atoms with E-state index in [1.165, 1.54) is 11.0 Å². The van der Waals surface area contributed by atoms with Crippen molar-refractivity contribution in [3.05, 3.63) is 42.2 Å². The van der Waals surface area contributed by atoms with Gasteiger partial charge < -0.3 is 15.2 Å². The highest BCUT2D eigenvalue weighted by molar-refractivity contribution is 5.89. The third-order valence-electron chi connectivity index (χ3n) is 4.45. The molecule has 2 aromatic heterocycles. The molecule has 27 heavy (non-hydrogen) atoms. The number of alkyl halides is 1. The number of hydrogen-bond donors (Lipinski definition) is 1. The highest BCUT2D eigenvalue weighted by atomic mass is 19.1. The first-order chi connectivity index (χ1) is 13.1. The summed E-state index contributed by atoms with van der Waals surface area (Å²) in [7, 11) is 0. The lowest BCUT2D eigenvalue weighted by molar-refractivity contribution is -0.0347. The molecule has 1 saturated heterocycles. The summed E-state index contributed by atoms with van der Waals surface area (Å²) in [4.78, 5) is 20.2. The Morgan fingerprint density at radius 2 is 2.11 bits per heavy atom. The Balaban J connectivity index is 1.61. The van der Waals surface area contributed by atoms with Gasteiger partial charge in [0.15, 0.2) is 35.5 Å². The number of hydrogen-bond acceptors (Lipinski definition) is 8. The van der Waals surface area contributed by atoms with E-state index in [2.05, 4.69) is 20.3 Å². The van der Waals surface area contributed by atoms with Gasteiger partial charge in [-0.2, -0.15) is 4.68 Å². The molecule has 3 heterocycles. The summed E-state index contributed by atoms with van der Waals surface area (Å²) in [6.45, 7) is 1.82. The van der Waals surface area contributed by atoms with Crippen LogP contribution in [0.4, 0.5) is 10.2 Å². The van der Waals surface area contributed by atoms with Crippen LogP contribution < -0.4 is 5.73 Å². The molecule has 4 atom stereocenters. The second-order valence-corrected chi connectivity index (χ2v) is 6.12. The molecule has 2 N–H and O–H groups in total. The van der Waals surface area contributed by atoms with Crippen LogP contribution in [-0.4, -0.2) is 49.3 Å². The largest absolute Gasteiger partial charge is 0.453 e. The summed E-state index contributed by atoms with van der Waals surface area (Å²) in [5.41, 5.74) is 6.59. The number of nitrogens with two attached hydrogens (primary N) is 1. The molecule has 0 bridgehead atoms. The third-order valence-corrected chi connectivity index (χ3v) is 4.45. The van der Waals surface area contributed by atoms with Gasteiger partial charge in [0.25, 0.3) is 0 Å². The normalized spacial score (nSPS) is 25.0. The molecular weight excluding hydrogens is 355 g/mol. The molecule has 140 valence electrons. The molecule has 1 fully saturated rings. The number of nitrogen functional groups attached to an aromatic ring is 1. The monoisotopic (exact) mass is 372 g/mol. The molecule has 0 unspecified atom stereocenters. The van der Waals surface area contributed by atoms with E-state index in [9.17, 15) is 4.79 Å². The maximum absolute atomic E-state index is 15.2. The van der Waals surface area contributed by atoms with Crippen LogP contribution >= 0.6 is 0 Å². The van der Waals surface area contributed by atoms with Crippen LogP contribution in [0.15, 0.2) is 36.7 Å². The van der Waals surface area contributed by atoms with Crippen LogP contribution in [0.5, 0.6) is 0 Å². The van der Waals surface area contributed by atoms with Crippen LogP contribution in [0.2, 0.25) is 0 Å². The van der Waals surface area contributed by atoms with E-state index in [0.29, 0.717) is 12.0 Å². The first-order valence-electron chi connectivity index (χ1n) is 8.47. The fourth-order valence-corrected chi connectivity index (χ4v) is 3.08. The van der Waals surface area contributed by atoms with Crippen molar-refractivity contribution >= 4 is 23.0 Å². The van der Waals surface area contributed by atoms with Gasteiger partial charge in [0.1, 0.15) is 12.4 Å². The number of esters is 1. The quantitative estimate of drug-likeness (QED) is 0.687. The summed E-state index contributed by atoms with van der Waals surface area (Å²) in [5.74, 6) is -0.472. The minimum Gasteiger partial charge on any atom is -0.453 e. The Labute approximate surface area is 153 Å². The number of benzene rings is 1. The van der Waals surface area contributed by atoms with E-state index in [0.717, 1.165) is 0 Å². The number of ether oxygens (including phenoxy) is 2. The molecular formula is C17H17FN6O3. The molecule has 4 rings (SSSR count). The molecule has 10 heteroatoms. The lowest BCUT2D eigenvalue weighted by Crippen LogP contribution is -2.34. The van der Waals surface area contributed by atoms with Gasteiger partial charge >= 0.3 is 5.97 Å². The van der Waals surface area contributed by atoms with Crippen LogP contribution in [0.1, 0.15) is 29.9 Å². The number of halogens is 1. The molecule has 0 aliphatic carbocycles. The molecule has 0 amide bonds. The Bertz CT molecular complexity index is 966. The lowest BCUT2D eigenvalue weighted by atomic mass is 10.1.